The Morgan fingerprint density at radius 1 is 1.05 bits per heavy atom. The average Bonchev–Trinajstić information content (AvgIpc) is 2.35. The van der Waals surface area contributed by atoms with Gasteiger partial charge in [0, 0.05) is 22.5 Å². The second-order valence-corrected chi connectivity index (χ2v) is 4.54. The van der Waals surface area contributed by atoms with Crippen LogP contribution in [0.3, 0.4) is 0 Å². The second-order valence-electron chi connectivity index (χ2n) is 4.54. The molecule has 3 nitrogen and oxygen atoms in total. The highest BCUT2D eigenvalue weighted by Crippen LogP contribution is 2.24. The minimum atomic E-state index is -4.79. The van der Waals surface area contributed by atoms with Gasteiger partial charge >= 0.3 is 6.36 Å². The smallest absolute Gasteiger partial charge is 0.406 e. The molecule has 0 atom stereocenters. The van der Waals surface area contributed by atoms with Gasteiger partial charge in [-0.2, -0.15) is 0 Å². The first-order valence-corrected chi connectivity index (χ1v) is 6.10. The van der Waals surface area contributed by atoms with Crippen molar-refractivity contribution in [2.24, 2.45) is 0 Å². The van der Waals surface area contributed by atoms with Gasteiger partial charge in [-0.15, -0.1) is 13.2 Å². The molecule has 0 saturated heterocycles. The second kappa shape index (κ2) is 5.55. The van der Waals surface area contributed by atoms with Gasteiger partial charge < -0.3 is 4.74 Å². The van der Waals surface area contributed by atoms with Gasteiger partial charge in [0.25, 0.3) is 0 Å². The molecule has 0 aliphatic carbocycles. The fourth-order valence-electron chi connectivity index (χ4n) is 1.97. The number of ketones is 1. The number of halogens is 3. The predicted molar refractivity (Wildman–Crippen MR) is 70.3 cm³/mol. The topological polar surface area (TPSA) is 39.2 Å². The Morgan fingerprint density at radius 3 is 2.24 bits per heavy atom. The van der Waals surface area contributed by atoms with Gasteiger partial charge in [-0.1, -0.05) is 12.1 Å². The third kappa shape index (κ3) is 4.05. The zero-order valence-electron chi connectivity index (χ0n) is 11.4. The summed E-state index contributed by atoms with van der Waals surface area (Å²) < 4.78 is 40.4. The van der Waals surface area contributed by atoms with Crippen molar-refractivity contribution in [2.75, 3.05) is 0 Å². The highest BCUT2D eigenvalue weighted by molar-refractivity contribution is 6.09. The lowest BCUT2D eigenvalue weighted by molar-refractivity contribution is -0.274. The molecule has 0 bridgehead atoms. The van der Waals surface area contributed by atoms with Crippen molar-refractivity contribution in [1.82, 2.24) is 4.98 Å². The number of ether oxygens (including phenoxy) is 1. The van der Waals surface area contributed by atoms with Gasteiger partial charge in [-0.3, -0.25) is 9.78 Å². The Balaban J connectivity index is 2.33. The average molecular weight is 295 g/mol. The number of nitrogens with zero attached hydrogens (tertiary/aromatic N) is 1. The maximum absolute atomic E-state index is 12.3. The van der Waals surface area contributed by atoms with E-state index in [1.54, 1.807) is 26.0 Å². The molecule has 0 radical (unpaired) electrons. The number of aryl methyl sites for hydroxylation is 2. The number of pyridine rings is 1. The van der Waals surface area contributed by atoms with Crippen molar-refractivity contribution in [3.05, 3.63) is 58.9 Å². The molecule has 2 aromatic rings. The fourth-order valence-corrected chi connectivity index (χ4v) is 1.97. The van der Waals surface area contributed by atoms with Crippen molar-refractivity contribution >= 4 is 5.78 Å². The number of carbonyl (C=O) groups excluding carboxylic acids is 1. The largest absolute Gasteiger partial charge is 0.573 e. The molecule has 6 heteroatoms. The van der Waals surface area contributed by atoms with Crippen molar-refractivity contribution in [3.8, 4) is 5.75 Å². The van der Waals surface area contributed by atoms with Gasteiger partial charge in [0.2, 0.25) is 0 Å². The lowest BCUT2D eigenvalue weighted by Gasteiger charge is -2.10. The quantitative estimate of drug-likeness (QED) is 0.808. The van der Waals surface area contributed by atoms with Crippen LogP contribution in [0.4, 0.5) is 13.2 Å². The van der Waals surface area contributed by atoms with Gasteiger partial charge in [0.15, 0.2) is 5.78 Å². The number of rotatable bonds is 3. The van der Waals surface area contributed by atoms with Crippen LogP contribution in [0.5, 0.6) is 5.75 Å². The summed E-state index contributed by atoms with van der Waals surface area (Å²) in [7, 11) is 0. The molecule has 21 heavy (non-hydrogen) atoms. The summed E-state index contributed by atoms with van der Waals surface area (Å²) in [5, 5.41) is 0. The van der Waals surface area contributed by atoms with E-state index in [-0.39, 0.29) is 11.3 Å². The molecular weight excluding hydrogens is 283 g/mol. The maximum Gasteiger partial charge on any atom is 0.573 e. The lowest BCUT2D eigenvalue weighted by atomic mass is 10.0. The van der Waals surface area contributed by atoms with E-state index in [0.29, 0.717) is 17.0 Å². The van der Waals surface area contributed by atoms with Crippen molar-refractivity contribution < 1.29 is 22.7 Å². The van der Waals surface area contributed by atoms with Crippen molar-refractivity contribution in [3.63, 3.8) is 0 Å². The van der Waals surface area contributed by atoms with Gasteiger partial charge in [-0.05, 0) is 38.1 Å². The van der Waals surface area contributed by atoms with E-state index in [0.717, 1.165) is 12.1 Å². The first-order valence-electron chi connectivity index (χ1n) is 6.10. The van der Waals surface area contributed by atoms with E-state index in [2.05, 4.69) is 9.72 Å². The first-order chi connectivity index (χ1) is 9.74. The monoisotopic (exact) mass is 295 g/mol. The minimum absolute atomic E-state index is 0.127. The highest BCUT2D eigenvalue weighted by atomic mass is 19.4. The molecule has 0 aliphatic rings. The number of hydrogen-bond donors (Lipinski definition) is 0. The summed E-state index contributed by atoms with van der Waals surface area (Å²) in [6, 6.07) is 8.18. The Morgan fingerprint density at radius 2 is 1.67 bits per heavy atom. The van der Waals surface area contributed by atoms with Gasteiger partial charge in [0.05, 0.1) is 0 Å². The number of alkyl halides is 3. The molecule has 2 rings (SSSR count). The van der Waals surface area contributed by atoms with Crippen LogP contribution in [0.15, 0.2) is 36.4 Å². The molecule has 0 amide bonds. The van der Waals surface area contributed by atoms with E-state index in [4.69, 9.17) is 0 Å². The zero-order chi connectivity index (χ0) is 15.6. The molecule has 110 valence electrons. The summed E-state index contributed by atoms with van der Waals surface area (Å²) in [5.74, 6) is -0.799. The van der Waals surface area contributed by atoms with Crippen LogP contribution in [0.1, 0.15) is 27.3 Å². The summed E-state index contributed by atoms with van der Waals surface area (Å²) in [5.41, 5.74) is 1.84. The summed E-state index contributed by atoms with van der Waals surface area (Å²) >= 11 is 0. The summed E-state index contributed by atoms with van der Waals surface area (Å²) in [4.78, 5) is 16.5. The van der Waals surface area contributed by atoms with Crippen LogP contribution in [-0.2, 0) is 0 Å². The van der Waals surface area contributed by atoms with E-state index in [1.807, 2.05) is 0 Å². The predicted octanol–water partition coefficient (Wildman–Crippen LogP) is 3.83. The maximum atomic E-state index is 12.3. The molecule has 0 unspecified atom stereocenters. The fraction of sp³-hybridized carbons (Fsp3) is 0.200. The number of carbonyl (C=O) groups is 1. The van der Waals surface area contributed by atoms with Gasteiger partial charge in [-0.25, -0.2) is 0 Å². The van der Waals surface area contributed by atoms with Crippen LogP contribution < -0.4 is 4.74 Å². The highest BCUT2D eigenvalue weighted by Gasteiger charge is 2.31. The molecule has 0 spiro atoms. The molecule has 0 aliphatic heterocycles. The van der Waals surface area contributed by atoms with E-state index >= 15 is 0 Å². The Bertz CT molecular complexity index is 661. The van der Waals surface area contributed by atoms with Crippen LogP contribution in [-0.4, -0.2) is 17.1 Å². The Hall–Kier alpha value is -2.37. The zero-order valence-corrected chi connectivity index (χ0v) is 11.4. The molecule has 1 heterocycles. The van der Waals surface area contributed by atoms with Crippen molar-refractivity contribution in [2.45, 2.75) is 20.2 Å². The molecule has 0 saturated carbocycles. The van der Waals surface area contributed by atoms with Crippen molar-refractivity contribution in [1.29, 1.82) is 0 Å². The minimum Gasteiger partial charge on any atom is -0.406 e. The Labute approximate surface area is 119 Å². The molecular formula is C15H12F3NO2. The SMILES string of the molecule is Cc1cc(C(=O)c2cccc(OC(F)(F)F)c2)cc(C)n1. The molecule has 1 aromatic carbocycles. The molecule has 1 aromatic heterocycles. The number of benzene rings is 1. The first kappa shape index (κ1) is 15.0. The normalized spacial score (nSPS) is 11.3. The van der Waals surface area contributed by atoms with Crippen LogP contribution in [0, 0.1) is 13.8 Å². The standard InChI is InChI=1S/C15H12F3NO2/c1-9-6-12(7-10(2)19-9)14(20)11-4-3-5-13(8-11)21-15(16,17)18/h3-8H,1-2H3. The van der Waals surface area contributed by atoms with E-state index in [1.165, 1.54) is 12.1 Å². The number of aromatic nitrogens is 1. The third-order valence-electron chi connectivity index (χ3n) is 2.67. The van der Waals surface area contributed by atoms with E-state index in [9.17, 15) is 18.0 Å². The van der Waals surface area contributed by atoms with Gasteiger partial charge in [0.1, 0.15) is 5.75 Å². The summed E-state index contributed by atoms with van der Waals surface area (Å²) in [6.45, 7) is 3.49. The van der Waals surface area contributed by atoms with Crippen LogP contribution >= 0.6 is 0 Å². The Kier molecular flexibility index (Phi) is 3.97. The molecule has 0 fully saturated rings. The lowest BCUT2D eigenvalue weighted by Crippen LogP contribution is -2.17. The molecule has 0 N–H and O–H groups in total. The third-order valence-corrected chi connectivity index (χ3v) is 2.67. The number of hydrogen-bond acceptors (Lipinski definition) is 3. The van der Waals surface area contributed by atoms with Crippen LogP contribution in [0.2, 0.25) is 0 Å². The summed E-state index contributed by atoms with van der Waals surface area (Å²) in [6.07, 6.45) is -4.79. The van der Waals surface area contributed by atoms with E-state index < -0.39 is 12.1 Å². The van der Waals surface area contributed by atoms with Crippen LogP contribution in [0.25, 0.3) is 0 Å².